The number of hydrogen-bond acceptors (Lipinski definition) is 6. The Morgan fingerprint density at radius 3 is 3.17 bits per heavy atom. The first-order valence-electron chi connectivity index (χ1n) is 7.55. The van der Waals surface area contributed by atoms with Crippen molar-refractivity contribution in [1.29, 1.82) is 0 Å². The van der Waals surface area contributed by atoms with E-state index in [0.29, 0.717) is 36.9 Å². The Bertz CT molecular complexity index is 674. The fourth-order valence-corrected chi connectivity index (χ4v) is 2.95. The van der Waals surface area contributed by atoms with E-state index in [0.717, 1.165) is 11.3 Å². The van der Waals surface area contributed by atoms with Crippen molar-refractivity contribution in [2.75, 3.05) is 12.9 Å². The number of ether oxygens (including phenoxy) is 1. The third kappa shape index (κ3) is 4.04. The van der Waals surface area contributed by atoms with Crippen LogP contribution in [0.1, 0.15) is 23.7 Å². The molecule has 6 nitrogen and oxygen atoms in total. The lowest BCUT2D eigenvalue weighted by molar-refractivity contribution is -0.125. The predicted octanol–water partition coefficient (Wildman–Crippen LogP) is 2.19. The Balaban J connectivity index is 1.57. The van der Waals surface area contributed by atoms with Crippen LogP contribution in [0.3, 0.4) is 0 Å². The maximum atomic E-state index is 12.4. The third-order valence-electron chi connectivity index (χ3n) is 3.73. The van der Waals surface area contributed by atoms with Gasteiger partial charge in [0.25, 0.3) is 0 Å². The molecule has 1 N–H and O–H groups in total. The van der Waals surface area contributed by atoms with Gasteiger partial charge in [-0.1, -0.05) is 23.4 Å². The molecule has 0 saturated carbocycles. The molecular weight excluding hydrogens is 314 g/mol. The van der Waals surface area contributed by atoms with Gasteiger partial charge in [-0.15, -0.1) is 0 Å². The van der Waals surface area contributed by atoms with E-state index < -0.39 is 0 Å². The zero-order chi connectivity index (χ0) is 16.1. The van der Waals surface area contributed by atoms with E-state index >= 15 is 0 Å². The summed E-state index contributed by atoms with van der Waals surface area (Å²) in [5.41, 5.74) is 1.07. The number of carbonyl (C=O) groups excluding carboxylic acids is 1. The second-order valence-electron chi connectivity index (χ2n) is 5.40. The molecule has 0 aliphatic carbocycles. The molecule has 0 radical (unpaired) electrons. The number of thioether (sulfide) groups is 1. The van der Waals surface area contributed by atoms with Crippen molar-refractivity contribution in [2.24, 2.45) is 5.92 Å². The molecule has 1 aromatic heterocycles. The molecule has 0 spiro atoms. The second kappa shape index (κ2) is 7.50. The molecule has 1 aliphatic rings. The topological polar surface area (TPSA) is 77.2 Å². The number of carbonyl (C=O) groups is 1. The SMILES string of the molecule is CSCc1noc(CNC(=O)C2CCOc3ccccc3C2)n1. The average molecular weight is 333 g/mol. The van der Waals surface area contributed by atoms with Crippen molar-refractivity contribution in [3.8, 4) is 5.75 Å². The highest BCUT2D eigenvalue weighted by Gasteiger charge is 2.23. The van der Waals surface area contributed by atoms with Gasteiger partial charge >= 0.3 is 0 Å². The van der Waals surface area contributed by atoms with E-state index in [1.807, 2.05) is 30.5 Å². The molecule has 122 valence electrons. The summed E-state index contributed by atoms with van der Waals surface area (Å²) in [6.45, 7) is 0.812. The molecule has 3 rings (SSSR count). The van der Waals surface area contributed by atoms with E-state index in [1.165, 1.54) is 0 Å². The number of amides is 1. The highest BCUT2D eigenvalue weighted by molar-refractivity contribution is 7.97. The number of aromatic nitrogens is 2. The van der Waals surface area contributed by atoms with Crippen LogP contribution in [0.15, 0.2) is 28.8 Å². The van der Waals surface area contributed by atoms with E-state index in [-0.39, 0.29) is 18.4 Å². The summed E-state index contributed by atoms with van der Waals surface area (Å²) in [7, 11) is 0. The Labute approximate surface area is 139 Å². The number of hydrogen-bond donors (Lipinski definition) is 1. The molecule has 0 bridgehead atoms. The molecule has 1 atom stereocenters. The number of fused-ring (bicyclic) bond motifs is 1. The molecule has 2 aromatic rings. The molecule has 1 aliphatic heterocycles. The summed E-state index contributed by atoms with van der Waals surface area (Å²) in [6, 6.07) is 7.87. The molecule has 0 saturated heterocycles. The van der Waals surface area contributed by atoms with Gasteiger partial charge in [-0.05, 0) is 30.7 Å². The smallest absolute Gasteiger partial charge is 0.246 e. The van der Waals surface area contributed by atoms with Gasteiger partial charge in [-0.3, -0.25) is 4.79 Å². The summed E-state index contributed by atoms with van der Waals surface area (Å²) >= 11 is 1.62. The van der Waals surface area contributed by atoms with Crippen molar-refractivity contribution in [3.05, 3.63) is 41.5 Å². The molecule has 1 unspecified atom stereocenters. The molecule has 2 heterocycles. The van der Waals surface area contributed by atoms with Crippen LogP contribution >= 0.6 is 11.8 Å². The van der Waals surface area contributed by atoms with Crippen molar-refractivity contribution < 1.29 is 14.1 Å². The first kappa shape index (κ1) is 15.9. The molecule has 23 heavy (non-hydrogen) atoms. The van der Waals surface area contributed by atoms with Crippen molar-refractivity contribution in [3.63, 3.8) is 0 Å². The van der Waals surface area contributed by atoms with E-state index in [2.05, 4.69) is 15.5 Å². The summed E-state index contributed by atoms with van der Waals surface area (Å²) in [6.07, 6.45) is 3.36. The Morgan fingerprint density at radius 1 is 1.43 bits per heavy atom. The van der Waals surface area contributed by atoms with Crippen LogP contribution < -0.4 is 10.1 Å². The summed E-state index contributed by atoms with van der Waals surface area (Å²) in [4.78, 5) is 16.6. The quantitative estimate of drug-likeness (QED) is 0.904. The average Bonchev–Trinajstić information content (AvgIpc) is 2.89. The molecule has 0 fully saturated rings. The summed E-state index contributed by atoms with van der Waals surface area (Å²) in [5.74, 6) is 2.56. The van der Waals surface area contributed by atoms with E-state index in [1.54, 1.807) is 11.8 Å². The highest BCUT2D eigenvalue weighted by Crippen LogP contribution is 2.26. The zero-order valence-electron chi connectivity index (χ0n) is 12.9. The molecule has 1 amide bonds. The van der Waals surface area contributed by atoms with Gasteiger partial charge in [0.2, 0.25) is 11.8 Å². The highest BCUT2D eigenvalue weighted by atomic mass is 32.2. The monoisotopic (exact) mass is 333 g/mol. The normalized spacial score (nSPS) is 17.0. The van der Waals surface area contributed by atoms with E-state index in [9.17, 15) is 4.79 Å². The molecular formula is C16H19N3O3S. The minimum atomic E-state index is -0.104. The van der Waals surface area contributed by atoms with Gasteiger partial charge in [0.05, 0.1) is 18.9 Å². The van der Waals surface area contributed by atoms with Crippen LogP contribution in [0, 0.1) is 5.92 Å². The molecule has 1 aromatic carbocycles. The lowest BCUT2D eigenvalue weighted by atomic mass is 9.96. The first-order chi connectivity index (χ1) is 11.3. The Kier molecular flexibility index (Phi) is 5.17. The number of rotatable bonds is 5. The number of nitrogens with zero attached hydrogens (tertiary/aromatic N) is 2. The third-order valence-corrected chi connectivity index (χ3v) is 4.28. The van der Waals surface area contributed by atoms with Gasteiger partial charge < -0.3 is 14.6 Å². The van der Waals surface area contributed by atoms with Gasteiger partial charge in [-0.25, -0.2) is 0 Å². The van der Waals surface area contributed by atoms with Gasteiger partial charge in [0.15, 0.2) is 5.82 Å². The zero-order valence-corrected chi connectivity index (χ0v) is 13.8. The summed E-state index contributed by atoms with van der Waals surface area (Å²) in [5, 5.41) is 6.75. The van der Waals surface area contributed by atoms with Gasteiger partial charge in [0.1, 0.15) is 5.75 Å². The number of para-hydroxylation sites is 1. The van der Waals surface area contributed by atoms with Gasteiger partial charge in [0, 0.05) is 5.92 Å². The van der Waals surface area contributed by atoms with E-state index in [4.69, 9.17) is 9.26 Å². The number of benzene rings is 1. The van der Waals surface area contributed by atoms with Gasteiger partial charge in [-0.2, -0.15) is 16.7 Å². The Morgan fingerprint density at radius 2 is 2.30 bits per heavy atom. The van der Waals surface area contributed by atoms with Crippen LogP contribution in [0.5, 0.6) is 5.75 Å². The van der Waals surface area contributed by atoms with Crippen LogP contribution in [0.2, 0.25) is 0 Å². The lowest BCUT2D eigenvalue weighted by Crippen LogP contribution is -2.32. The first-order valence-corrected chi connectivity index (χ1v) is 8.94. The van der Waals surface area contributed by atoms with Crippen LogP contribution in [0.4, 0.5) is 0 Å². The Hall–Kier alpha value is -2.02. The largest absolute Gasteiger partial charge is 0.493 e. The second-order valence-corrected chi connectivity index (χ2v) is 6.27. The minimum Gasteiger partial charge on any atom is -0.493 e. The fourth-order valence-electron chi connectivity index (χ4n) is 2.57. The van der Waals surface area contributed by atoms with Crippen molar-refractivity contribution in [2.45, 2.75) is 25.1 Å². The minimum absolute atomic E-state index is 0.00470. The van der Waals surface area contributed by atoms with Crippen LogP contribution in [-0.2, 0) is 23.5 Å². The number of nitrogens with one attached hydrogen (secondary N) is 1. The predicted molar refractivity (Wildman–Crippen MR) is 87.1 cm³/mol. The van der Waals surface area contributed by atoms with Crippen LogP contribution in [0.25, 0.3) is 0 Å². The summed E-state index contributed by atoms with van der Waals surface area (Å²) < 4.78 is 10.8. The standard InChI is InChI=1S/C16H19N3O3S/c1-23-10-14-18-15(22-19-14)9-17-16(20)12-6-7-21-13-5-3-2-4-11(13)8-12/h2-5,12H,6-10H2,1H3,(H,17,20). The van der Waals surface area contributed by atoms with Crippen LogP contribution in [-0.4, -0.2) is 28.9 Å². The maximum Gasteiger partial charge on any atom is 0.246 e. The molecule has 7 heteroatoms. The maximum absolute atomic E-state index is 12.4. The fraction of sp³-hybridized carbons (Fsp3) is 0.438. The lowest BCUT2D eigenvalue weighted by Gasteiger charge is -2.12. The van der Waals surface area contributed by atoms with Crippen molar-refractivity contribution in [1.82, 2.24) is 15.5 Å². The van der Waals surface area contributed by atoms with Crippen molar-refractivity contribution >= 4 is 17.7 Å².